The van der Waals surface area contributed by atoms with Crippen molar-refractivity contribution < 1.29 is 14.3 Å². The molecule has 2 rings (SSSR count). The topological polar surface area (TPSA) is 46.6 Å². The van der Waals surface area contributed by atoms with Gasteiger partial charge in [-0.3, -0.25) is 4.79 Å². The predicted octanol–water partition coefficient (Wildman–Crippen LogP) is 1.26. The van der Waals surface area contributed by atoms with Gasteiger partial charge in [-0.1, -0.05) is 20.8 Å². The summed E-state index contributed by atoms with van der Waals surface area (Å²) in [4.78, 5) is 24.2. The van der Waals surface area contributed by atoms with Gasteiger partial charge < -0.3 is 4.74 Å². The van der Waals surface area contributed by atoms with Crippen molar-refractivity contribution >= 4 is 12.0 Å². The molecule has 0 aromatic rings. The van der Waals surface area contributed by atoms with E-state index in [1.807, 2.05) is 6.92 Å². The third-order valence-corrected chi connectivity index (χ3v) is 3.66. The Labute approximate surface area is 83.2 Å². The van der Waals surface area contributed by atoms with E-state index in [1.165, 1.54) is 4.90 Å². The smallest absolute Gasteiger partial charge is 0.416 e. The molecule has 78 valence electrons. The molecule has 1 heterocycles. The molecule has 1 aliphatic heterocycles. The zero-order valence-corrected chi connectivity index (χ0v) is 8.74. The number of hydrogen-bond acceptors (Lipinski definition) is 3. The van der Waals surface area contributed by atoms with Gasteiger partial charge in [-0.25, -0.2) is 9.69 Å². The number of carbonyl (C=O) groups is 2. The van der Waals surface area contributed by atoms with Crippen LogP contribution in [-0.4, -0.2) is 30.1 Å². The largest absolute Gasteiger partial charge is 0.447 e. The number of cyclic esters (lactones) is 1. The third-order valence-electron chi connectivity index (χ3n) is 3.66. The highest BCUT2D eigenvalue weighted by molar-refractivity contribution is 5.96. The van der Waals surface area contributed by atoms with Gasteiger partial charge in [0.15, 0.2) is 0 Å². The second kappa shape index (κ2) is 2.72. The molecule has 4 heteroatoms. The number of hydrogen-bond donors (Lipinski definition) is 0. The molecule has 0 unspecified atom stereocenters. The average Bonchev–Trinajstić information content (AvgIpc) is 2.49. The van der Waals surface area contributed by atoms with Gasteiger partial charge in [0.05, 0.1) is 6.54 Å². The molecule has 0 spiro atoms. The van der Waals surface area contributed by atoms with Crippen LogP contribution in [0.25, 0.3) is 0 Å². The van der Waals surface area contributed by atoms with Crippen molar-refractivity contribution in [1.82, 2.24) is 4.90 Å². The lowest BCUT2D eigenvalue weighted by molar-refractivity contribution is -0.130. The summed E-state index contributed by atoms with van der Waals surface area (Å²) in [6.07, 6.45) is -0.482. The number of carbonyl (C=O) groups excluding carboxylic acids is 2. The highest BCUT2D eigenvalue weighted by atomic mass is 16.6. The van der Waals surface area contributed by atoms with E-state index in [2.05, 4.69) is 13.8 Å². The quantitative estimate of drug-likeness (QED) is 0.635. The first-order valence-corrected chi connectivity index (χ1v) is 4.94. The summed E-state index contributed by atoms with van der Waals surface area (Å²) in [5.41, 5.74) is 0.0416. The van der Waals surface area contributed by atoms with Gasteiger partial charge in [0.25, 0.3) is 0 Å². The highest BCUT2D eigenvalue weighted by Gasteiger charge is 2.60. The van der Waals surface area contributed by atoms with Crippen LogP contribution in [0.3, 0.4) is 0 Å². The molecule has 14 heavy (non-hydrogen) atoms. The van der Waals surface area contributed by atoms with Crippen LogP contribution in [0.1, 0.15) is 20.8 Å². The van der Waals surface area contributed by atoms with Crippen molar-refractivity contribution in [3.05, 3.63) is 0 Å². The monoisotopic (exact) mass is 197 g/mol. The van der Waals surface area contributed by atoms with Gasteiger partial charge in [0.1, 0.15) is 6.61 Å². The fourth-order valence-corrected chi connectivity index (χ4v) is 2.19. The number of rotatable bonds is 1. The van der Waals surface area contributed by atoms with Crippen LogP contribution in [0.15, 0.2) is 0 Å². The molecule has 1 saturated carbocycles. The Morgan fingerprint density at radius 3 is 2.50 bits per heavy atom. The summed E-state index contributed by atoms with van der Waals surface area (Å²) in [5, 5.41) is 0. The van der Waals surface area contributed by atoms with Crippen molar-refractivity contribution in [3.8, 4) is 0 Å². The van der Waals surface area contributed by atoms with Crippen molar-refractivity contribution in [1.29, 1.82) is 0 Å². The third kappa shape index (κ3) is 1.13. The summed E-state index contributed by atoms with van der Waals surface area (Å²) in [7, 11) is 0. The molecule has 0 aromatic carbocycles. The van der Waals surface area contributed by atoms with Crippen LogP contribution in [0.4, 0.5) is 4.79 Å². The van der Waals surface area contributed by atoms with E-state index in [1.54, 1.807) is 0 Å². The molecular weight excluding hydrogens is 182 g/mol. The first-order valence-electron chi connectivity index (χ1n) is 4.94. The van der Waals surface area contributed by atoms with Gasteiger partial charge in [-0.15, -0.1) is 0 Å². The number of nitrogens with zero attached hydrogens (tertiary/aromatic N) is 1. The summed E-state index contributed by atoms with van der Waals surface area (Å²) in [6.45, 7) is 6.91. The Hall–Kier alpha value is -1.06. The second-order valence-corrected chi connectivity index (χ2v) is 4.69. The van der Waals surface area contributed by atoms with E-state index in [9.17, 15) is 9.59 Å². The fraction of sp³-hybridized carbons (Fsp3) is 0.800. The van der Waals surface area contributed by atoms with Crippen LogP contribution < -0.4 is 0 Å². The van der Waals surface area contributed by atoms with Gasteiger partial charge in [0.2, 0.25) is 5.91 Å². The molecule has 0 radical (unpaired) electrons. The summed E-state index contributed by atoms with van der Waals surface area (Å²) in [6, 6.07) is 0. The SMILES string of the molecule is C[C@@H]1[C@@H](C(=O)N2CCOC2=O)C1(C)C. The van der Waals surface area contributed by atoms with E-state index >= 15 is 0 Å². The van der Waals surface area contributed by atoms with Crippen molar-refractivity contribution in [2.45, 2.75) is 20.8 Å². The average molecular weight is 197 g/mol. The maximum atomic E-state index is 11.9. The Morgan fingerprint density at radius 1 is 1.57 bits per heavy atom. The summed E-state index contributed by atoms with van der Waals surface area (Å²) in [5.74, 6) is 0.293. The van der Waals surface area contributed by atoms with Crippen LogP contribution in [0.2, 0.25) is 0 Å². The lowest BCUT2D eigenvalue weighted by Gasteiger charge is -2.11. The summed E-state index contributed by atoms with van der Waals surface area (Å²) < 4.78 is 4.73. The Morgan fingerprint density at radius 2 is 2.14 bits per heavy atom. The zero-order valence-electron chi connectivity index (χ0n) is 8.74. The molecule has 0 bridgehead atoms. The minimum Gasteiger partial charge on any atom is -0.447 e. The molecule has 2 atom stereocenters. The van der Waals surface area contributed by atoms with Crippen LogP contribution in [0, 0.1) is 17.3 Å². The number of imide groups is 1. The molecule has 4 nitrogen and oxygen atoms in total. The van der Waals surface area contributed by atoms with Crippen LogP contribution in [-0.2, 0) is 9.53 Å². The molecule has 0 N–H and O–H groups in total. The van der Waals surface area contributed by atoms with Crippen LogP contribution in [0.5, 0.6) is 0 Å². The first-order chi connectivity index (χ1) is 6.46. The molecule has 2 amide bonds. The maximum absolute atomic E-state index is 11.9. The van der Waals surface area contributed by atoms with Gasteiger partial charge in [0, 0.05) is 5.92 Å². The van der Waals surface area contributed by atoms with E-state index in [0.717, 1.165) is 0 Å². The lowest BCUT2D eigenvalue weighted by atomic mass is 10.1. The first kappa shape index (κ1) is 9.49. The zero-order chi connectivity index (χ0) is 10.5. The number of ether oxygens (including phenoxy) is 1. The van der Waals surface area contributed by atoms with Gasteiger partial charge in [-0.05, 0) is 11.3 Å². The van der Waals surface area contributed by atoms with Crippen molar-refractivity contribution in [2.24, 2.45) is 17.3 Å². The van der Waals surface area contributed by atoms with E-state index < -0.39 is 6.09 Å². The van der Waals surface area contributed by atoms with Gasteiger partial charge in [-0.2, -0.15) is 0 Å². The van der Waals surface area contributed by atoms with Crippen LogP contribution >= 0.6 is 0 Å². The van der Waals surface area contributed by atoms with E-state index in [4.69, 9.17) is 4.74 Å². The Balaban J connectivity index is 2.07. The molecule has 1 saturated heterocycles. The minimum atomic E-state index is -0.482. The van der Waals surface area contributed by atoms with Gasteiger partial charge >= 0.3 is 6.09 Å². The standard InChI is InChI=1S/C10H15NO3/c1-6-7(10(6,2)3)8(12)11-4-5-14-9(11)13/h6-7H,4-5H2,1-3H3/t6-,7+/m1/s1. The number of amides is 2. The normalized spacial score (nSPS) is 34.2. The summed E-state index contributed by atoms with van der Waals surface area (Å²) >= 11 is 0. The lowest BCUT2D eigenvalue weighted by Crippen LogP contribution is -2.34. The molecule has 2 fully saturated rings. The highest BCUT2D eigenvalue weighted by Crippen LogP contribution is 2.58. The Bertz CT molecular complexity index is 298. The molecule has 1 aliphatic carbocycles. The fourth-order valence-electron chi connectivity index (χ4n) is 2.19. The van der Waals surface area contributed by atoms with E-state index in [0.29, 0.717) is 19.1 Å². The molecule has 2 aliphatic rings. The van der Waals surface area contributed by atoms with Crippen molar-refractivity contribution in [2.75, 3.05) is 13.2 Å². The maximum Gasteiger partial charge on any atom is 0.416 e. The molecule has 0 aromatic heterocycles. The minimum absolute atomic E-state index is 0.00634. The van der Waals surface area contributed by atoms with Crippen molar-refractivity contribution in [3.63, 3.8) is 0 Å². The molecular formula is C10H15NO3. The van der Waals surface area contributed by atoms with E-state index in [-0.39, 0.29) is 17.2 Å². The second-order valence-electron chi connectivity index (χ2n) is 4.69. The predicted molar refractivity (Wildman–Crippen MR) is 49.5 cm³/mol. The Kier molecular flexibility index (Phi) is 1.84.